The summed E-state index contributed by atoms with van der Waals surface area (Å²) in [6.07, 6.45) is 0.716. The fourth-order valence-corrected chi connectivity index (χ4v) is 2.70. The molecule has 90 valence electrons. The molecule has 16 heavy (non-hydrogen) atoms. The SMILES string of the molecule is Cc1cc(C(=O)NCC(C)CCO)sc1Br. The number of aliphatic hydroxyl groups excluding tert-OH is 1. The van der Waals surface area contributed by atoms with Crippen LogP contribution in [0, 0.1) is 12.8 Å². The molecule has 0 aromatic carbocycles. The van der Waals surface area contributed by atoms with Gasteiger partial charge in [0.25, 0.3) is 5.91 Å². The van der Waals surface area contributed by atoms with Crippen molar-refractivity contribution in [1.29, 1.82) is 0 Å². The van der Waals surface area contributed by atoms with Gasteiger partial charge >= 0.3 is 0 Å². The second-order valence-corrected chi connectivity index (χ2v) is 6.26. The van der Waals surface area contributed by atoms with E-state index in [1.165, 1.54) is 11.3 Å². The van der Waals surface area contributed by atoms with Gasteiger partial charge in [0.15, 0.2) is 0 Å². The lowest BCUT2D eigenvalue weighted by Gasteiger charge is -2.10. The molecule has 0 spiro atoms. The third-order valence-corrected chi connectivity index (χ3v) is 4.45. The Labute approximate surface area is 108 Å². The Balaban J connectivity index is 2.46. The van der Waals surface area contributed by atoms with Crippen LogP contribution < -0.4 is 5.32 Å². The summed E-state index contributed by atoms with van der Waals surface area (Å²) in [5.74, 6) is 0.266. The molecule has 0 fully saturated rings. The fourth-order valence-electron chi connectivity index (χ4n) is 1.25. The molecule has 1 aromatic rings. The van der Waals surface area contributed by atoms with Gasteiger partial charge in [-0.05, 0) is 46.8 Å². The van der Waals surface area contributed by atoms with Crippen LogP contribution in [-0.4, -0.2) is 24.2 Å². The minimum Gasteiger partial charge on any atom is -0.396 e. The van der Waals surface area contributed by atoms with Gasteiger partial charge in [-0.2, -0.15) is 0 Å². The van der Waals surface area contributed by atoms with Crippen molar-refractivity contribution in [2.75, 3.05) is 13.2 Å². The molecule has 0 bridgehead atoms. The van der Waals surface area contributed by atoms with Crippen LogP contribution in [0.1, 0.15) is 28.6 Å². The minimum atomic E-state index is -0.0383. The number of aliphatic hydroxyl groups is 1. The molecule has 3 nitrogen and oxygen atoms in total. The number of hydrogen-bond acceptors (Lipinski definition) is 3. The molecule has 1 unspecified atom stereocenters. The molecule has 0 saturated heterocycles. The standard InChI is InChI=1S/C11H16BrNO2S/c1-7(3-4-14)6-13-11(15)9-5-8(2)10(12)16-9/h5,7,14H,3-4,6H2,1-2H3,(H,13,15). The summed E-state index contributed by atoms with van der Waals surface area (Å²) in [5.41, 5.74) is 1.08. The zero-order valence-corrected chi connectivity index (χ0v) is 11.8. The predicted octanol–water partition coefficient (Wildman–Crippen LogP) is 2.57. The molecule has 2 N–H and O–H groups in total. The highest BCUT2D eigenvalue weighted by Crippen LogP contribution is 2.27. The van der Waals surface area contributed by atoms with Gasteiger partial charge in [-0.15, -0.1) is 11.3 Å². The Morgan fingerprint density at radius 3 is 2.88 bits per heavy atom. The highest BCUT2D eigenvalue weighted by Gasteiger charge is 2.11. The first-order valence-corrected chi connectivity index (χ1v) is 6.80. The summed E-state index contributed by atoms with van der Waals surface area (Å²) in [6, 6.07) is 1.88. The van der Waals surface area contributed by atoms with Gasteiger partial charge in [-0.25, -0.2) is 0 Å². The molecule has 1 amide bonds. The number of nitrogens with one attached hydrogen (secondary N) is 1. The normalized spacial score (nSPS) is 12.5. The van der Waals surface area contributed by atoms with Gasteiger partial charge in [0.1, 0.15) is 0 Å². The highest BCUT2D eigenvalue weighted by molar-refractivity contribution is 9.11. The van der Waals surface area contributed by atoms with Crippen LogP contribution in [0.15, 0.2) is 9.85 Å². The second-order valence-electron chi connectivity index (χ2n) is 3.89. The van der Waals surface area contributed by atoms with E-state index in [2.05, 4.69) is 21.2 Å². The average Bonchev–Trinajstić information content (AvgIpc) is 2.56. The first-order chi connectivity index (χ1) is 7.54. The Hall–Kier alpha value is -0.390. The summed E-state index contributed by atoms with van der Waals surface area (Å²) in [4.78, 5) is 12.5. The molecule has 0 radical (unpaired) electrons. The number of hydrogen-bond donors (Lipinski definition) is 2. The van der Waals surface area contributed by atoms with Crippen molar-refractivity contribution in [3.8, 4) is 0 Å². The van der Waals surface area contributed by atoms with Crippen LogP contribution in [0.2, 0.25) is 0 Å². The number of carbonyl (C=O) groups is 1. The van der Waals surface area contributed by atoms with E-state index in [1.807, 2.05) is 19.9 Å². The molecule has 5 heteroatoms. The van der Waals surface area contributed by atoms with E-state index in [-0.39, 0.29) is 12.5 Å². The smallest absolute Gasteiger partial charge is 0.261 e. The van der Waals surface area contributed by atoms with E-state index in [0.29, 0.717) is 18.9 Å². The van der Waals surface area contributed by atoms with Crippen LogP contribution in [0.25, 0.3) is 0 Å². The summed E-state index contributed by atoms with van der Waals surface area (Å²) in [6.45, 7) is 4.74. The van der Waals surface area contributed by atoms with E-state index >= 15 is 0 Å². The quantitative estimate of drug-likeness (QED) is 0.878. The van der Waals surface area contributed by atoms with Crippen molar-refractivity contribution < 1.29 is 9.90 Å². The first-order valence-electron chi connectivity index (χ1n) is 5.19. The van der Waals surface area contributed by atoms with Gasteiger partial charge < -0.3 is 10.4 Å². The first kappa shape index (κ1) is 13.7. The summed E-state index contributed by atoms with van der Waals surface area (Å²) >= 11 is 4.84. The predicted molar refractivity (Wildman–Crippen MR) is 70.0 cm³/mol. The molecule has 0 saturated carbocycles. The molecule has 1 rings (SSSR count). The van der Waals surface area contributed by atoms with Crippen molar-refractivity contribution >= 4 is 33.2 Å². The summed E-state index contributed by atoms with van der Waals surface area (Å²) in [7, 11) is 0. The third-order valence-electron chi connectivity index (χ3n) is 2.31. The number of amides is 1. The van der Waals surface area contributed by atoms with E-state index in [0.717, 1.165) is 14.2 Å². The minimum absolute atomic E-state index is 0.0383. The molecule has 0 aliphatic carbocycles. The second kappa shape index (κ2) is 6.37. The molecular formula is C11H16BrNO2S. The van der Waals surface area contributed by atoms with Crippen molar-refractivity contribution in [3.05, 3.63) is 20.3 Å². The number of carbonyl (C=O) groups excluding carboxylic acids is 1. The zero-order valence-electron chi connectivity index (χ0n) is 9.42. The van der Waals surface area contributed by atoms with Crippen molar-refractivity contribution in [3.63, 3.8) is 0 Å². The van der Waals surface area contributed by atoms with Gasteiger partial charge in [0, 0.05) is 13.2 Å². The maximum atomic E-state index is 11.7. The van der Waals surface area contributed by atoms with Gasteiger partial charge in [-0.1, -0.05) is 6.92 Å². The van der Waals surface area contributed by atoms with E-state index in [1.54, 1.807) is 0 Å². The van der Waals surface area contributed by atoms with E-state index in [9.17, 15) is 4.79 Å². The number of halogens is 1. The molecule has 1 heterocycles. The molecule has 1 atom stereocenters. The van der Waals surface area contributed by atoms with E-state index < -0.39 is 0 Å². The van der Waals surface area contributed by atoms with Gasteiger partial charge in [0.05, 0.1) is 8.66 Å². The van der Waals surface area contributed by atoms with Gasteiger partial charge in [0.2, 0.25) is 0 Å². The van der Waals surface area contributed by atoms with Crippen LogP contribution in [0.4, 0.5) is 0 Å². The monoisotopic (exact) mass is 305 g/mol. The van der Waals surface area contributed by atoms with Crippen molar-refractivity contribution in [2.24, 2.45) is 5.92 Å². The van der Waals surface area contributed by atoms with Crippen LogP contribution in [0.5, 0.6) is 0 Å². The largest absolute Gasteiger partial charge is 0.396 e. The Bertz CT molecular complexity index is 345. The zero-order chi connectivity index (χ0) is 12.1. The maximum absolute atomic E-state index is 11.7. The number of thiophene rings is 1. The number of rotatable bonds is 5. The molecular weight excluding hydrogens is 290 g/mol. The number of aryl methyl sites for hydroxylation is 1. The van der Waals surface area contributed by atoms with Crippen molar-refractivity contribution in [1.82, 2.24) is 5.32 Å². The highest BCUT2D eigenvalue weighted by atomic mass is 79.9. The van der Waals surface area contributed by atoms with Crippen LogP contribution in [0.3, 0.4) is 0 Å². The Morgan fingerprint density at radius 1 is 1.69 bits per heavy atom. The van der Waals surface area contributed by atoms with Crippen LogP contribution in [-0.2, 0) is 0 Å². The Kier molecular flexibility index (Phi) is 5.44. The topological polar surface area (TPSA) is 49.3 Å². The molecule has 0 aliphatic heterocycles. The maximum Gasteiger partial charge on any atom is 0.261 e. The summed E-state index contributed by atoms with van der Waals surface area (Å²) in [5, 5.41) is 11.6. The fraction of sp³-hybridized carbons (Fsp3) is 0.545. The lowest BCUT2D eigenvalue weighted by atomic mass is 10.1. The average molecular weight is 306 g/mol. The van der Waals surface area contributed by atoms with Crippen molar-refractivity contribution in [2.45, 2.75) is 20.3 Å². The van der Waals surface area contributed by atoms with Crippen LogP contribution >= 0.6 is 27.3 Å². The lowest BCUT2D eigenvalue weighted by Crippen LogP contribution is -2.28. The van der Waals surface area contributed by atoms with E-state index in [4.69, 9.17) is 5.11 Å². The Morgan fingerprint density at radius 2 is 2.38 bits per heavy atom. The molecule has 0 aliphatic rings. The molecule has 1 aromatic heterocycles. The lowest BCUT2D eigenvalue weighted by molar-refractivity contribution is 0.0949. The third kappa shape index (κ3) is 3.88. The summed E-state index contributed by atoms with van der Waals surface area (Å²) < 4.78 is 1.00. The van der Waals surface area contributed by atoms with Gasteiger partial charge in [-0.3, -0.25) is 4.79 Å².